The lowest BCUT2D eigenvalue weighted by Crippen LogP contribution is -2.51. The van der Waals surface area contributed by atoms with Crippen molar-refractivity contribution in [3.8, 4) is 11.3 Å². The lowest BCUT2D eigenvalue weighted by atomic mass is 10.0. The van der Waals surface area contributed by atoms with Gasteiger partial charge in [0.1, 0.15) is 17.6 Å². The molecule has 2 amide bonds. The van der Waals surface area contributed by atoms with Gasteiger partial charge >= 0.3 is 6.09 Å². The standard InChI is InChI=1S/C28H33N7O3/c1-18(2)25(33-28(37)38-3)27(36)35-15-7-10-24(35)26-31-16-22(32-26)20-11-13-21(14-12-20)30-17-23(34-29)19-8-5-4-6-9-19/h4-6,8-9,11-14,16-18,24-25H,7,10,15,29H2,1-3H3,(H,31,32)(H,33,37)/t24?,25-/m0/s1. The molecule has 0 spiro atoms. The second-order valence-electron chi connectivity index (χ2n) is 9.41. The van der Waals surface area contributed by atoms with Crippen LogP contribution in [-0.4, -0.2) is 58.5 Å². The van der Waals surface area contributed by atoms with Crippen molar-refractivity contribution < 1.29 is 14.3 Å². The van der Waals surface area contributed by atoms with Gasteiger partial charge in [0.05, 0.1) is 36.9 Å². The van der Waals surface area contributed by atoms with Crippen molar-refractivity contribution in [2.75, 3.05) is 13.7 Å². The molecule has 2 heterocycles. The van der Waals surface area contributed by atoms with E-state index in [1.165, 1.54) is 7.11 Å². The predicted molar refractivity (Wildman–Crippen MR) is 147 cm³/mol. The van der Waals surface area contributed by atoms with E-state index in [0.29, 0.717) is 12.3 Å². The maximum Gasteiger partial charge on any atom is 0.407 e. The topological polar surface area (TPSA) is 138 Å². The number of imidazole rings is 1. The van der Waals surface area contributed by atoms with Gasteiger partial charge in [-0.15, -0.1) is 0 Å². The van der Waals surface area contributed by atoms with Gasteiger partial charge in [0.15, 0.2) is 0 Å². The van der Waals surface area contributed by atoms with E-state index >= 15 is 0 Å². The van der Waals surface area contributed by atoms with E-state index in [-0.39, 0.29) is 17.9 Å². The van der Waals surface area contributed by atoms with Gasteiger partial charge in [-0.3, -0.25) is 9.79 Å². The van der Waals surface area contributed by atoms with Gasteiger partial charge in [0, 0.05) is 12.1 Å². The number of ether oxygens (including phenoxy) is 1. The van der Waals surface area contributed by atoms with Crippen LogP contribution < -0.4 is 11.2 Å². The number of alkyl carbamates (subject to hydrolysis) is 1. The summed E-state index contributed by atoms with van der Waals surface area (Å²) in [5.74, 6) is 6.05. The number of carbonyl (C=O) groups is 2. The smallest absolute Gasteiger partial charge is 0.407 e. The molecule has 1 aromatic heterocycles. The van der Waals surface area contributed by atoms with Gasteiger partial charge in [-0.25, -0.2) is 9.78 Å². The normalized spacial score (nSPS) is 16.7. The second kappa shape index (κ2) is 12.2. The first kappa shape index (κ1) is 26.6. The summed E-state index contributed by atoms with van der Waals surface area (Å²) < 4.78 is 4.71. The molecule has 4 N–H and O–H groups in total. The number of nitrogens with zero attached hydrogens (tertiary/aromatic N) is 4. The minimum Gasteiger partial charge on any atom is -0.453 e. The largest absolute Gasteiger partial charge is 0.453 e. The van der Waals surface area contributed by atoms with Crippen LogP contribution in [-0.2, 0) is 9.53 Å². The second-order valence-corrected chi connectivity index (χ2v) is 9.41. The molecule has 0 saturated carbocycles. The minimum atomic E-state index is -0.669. The summed E-state index contributed by atoms with van der Waals surface area (Å²) >= 11 is 0. The number of aliphatic imine (C=N–C) groups is 1. The highest BCUT2D eigenvalue weighted by Crippen LogP contribution is 2.33. The van der Waals surface area contributed by atoms with Crippen molar-refractivity contribution in [2.45, 2.75) is 38.8 Å². The molecule has 4 rings (SSSR count). The average Bonchev–Trinajstić information content (AvgIpc) is 3.62. The number of rotatable bonds is 8. The number of H-pyrrole nitrogens is 1. The maximum atomic E-state index is 13.3. The SMILES string of the molecule is COC(=O)N[C@H](C(=O)N1CCCC1c1ncc(-c2ccc(N=CC(=NN)c3ccccc3)cc2)[nH]1)C(C)C. The van der Waals surface area contributed by atoms with Gasteiger partial charge in [-0.1, -0.05) is 56.3 Å². The first-order chi connectivity index (χ1) is 18.4. The van der Waals surface area contributed by atoms with Crippen LogP contribution in [0.2, 0.25) is 0 Å². The third-order valence-electron chi connectivity index (χ3n) is 6.56. The fourth-order valence-corrected chi connectivity index (χ4v) is 4.50. The number of hydrazone groups is 1. The van der Waals surface area contributed by atoms with Gasteiger partial charge < -0.3 is 25.8 Å². The lowest BCUT2D eigenvalue weighted by molar-refractivity contribution is -0.135. The highest BCUT2D eigenvalue weighted by molar-refractivity contribution is 6.38. The highest BCUT2D eigenvalue weighted by Gasteiger charge is 2.37. The van der Waals surface area contributed by atoms with Crippen LogP contribution in [0.1, 0.15) is 44.1 Å². The van der Waals surface area contributed by atoms with Crippen molar-refractivity contribution in [1.82, 2.24) is 20.2 Å². The van der Waals surface area contributed by atoms with Crippen LogP contribution in [0.15, 0.2) is 70.9 Å². The molecular weight excluding hydrogens is 482 g/mol. The molecule has 2 atom stereocenters. The Morgan fingerprint density at radius 1 is 1.18 bits per heavy atom. The Morgan fingerprint density at radius 3 is 2.58 bits per heavy atom. The van der Waals surface area contributed by atoms with E-state index in [0.717, 1.165) is 41.2 Å². The van der Waals surface area contributed by atoms with E-state index < -0.39 is 12.1 Å². The van der Waals surface area contributed by atoms with Gasteiger partial charge in [0.25, 0.3) is 0 Å². The number of carbonyl (C=O) groups excluding carboxylic acids is 2. The molecule has 3 aromatic rings. The summed E-state index contributed by atoms with van der Waals surface area (Å²) in [5.41, 5.74) is 4.03. The number of methoxy groups -OCH3 is 1. The summed E-state index contributed by atoms with van der Waals surface area (Å²) in [7, 11) is 1.29. The molecule has 1 aliphatic heterocycles. The molecule has 2 aromatic carbocycles. The fourth-order valence-electron chi connectivity index (χ4n) is 4.50. The van der Waals surface area contributed by atoms with Crippen LogP contribution in [0.5, 0.6) is 0 Å². The van der Waals surface area contributed by atoms with Crippen molar-refractivity contribution >= 4 is 29.6 Å². The van der Waals surface area contributed by atoms with Crippen LogP contribution in [0, 0.1) is 5.92 Å². The zero-order chi connectivity index (χ0) is 27.1. The Bertz CT molecular complexity index is 1300. The van der Waals surface area contributed by atoms with E-state index in [1.54, 1.807) is 17.3 Å². The Morgan fingerprint density at radius 2 is 1.92 bits per heavy atom. The molecule has 0 radical (unpaired) electrons. The van der Waals surface area contributed by atoms with Crippen molar-refractivity contribution in [3.05, 3.63) is 72.2 Å². The number of hydrogen-bond donors (Lipinski definition) is 3. The molecule has 1 fully saturated rings. The van der Waals surface area contributed by atoms with Crippen LogP contribution in [0.3, 0.4) is 0 Å². The lowest BCUT2D eigenvalue weighted by Gasteiger charge is -2.30. The summed E-state index contributed by atoms with van der Waals surface area (Å²) in [6.45, 7) is 4.40. The third-order valence-corrected chi connectivity index (χ3v) is 6.56. The molecule has 0 aliphatic carbocycles. The predicted octanol–water partition coefficient (Wildman–Crippen LogP) is 4.19. The van der Waals surface area contributed by atoms with E-state index in [4.69, 9.17) is 10.6 Å². The van der Waals surface area contributed by atoms with E-state index in [9.17, 15) is 9.59 Å². The molecule has 1 unspecified atom stereocenters. The molecule has 1 aliphatic rings. The Balaban J connectivity index is 1.46. The number of aromatic nitrogens is 2. The molecule has 198 valence electrons. The average molecular weight is 516 g/mol. The van der Waals surface area contributed by atoms with Crippen LogP contribution >= 0.6 is 0 Å². The highest BCUT2D eigenvalue weighted by atomic mass is 16.5. The zero-order valence-electron chi connectivity index (χ0n) is 21.8. The van der Waals surface area contributed by atoms with Crippen molar-refractivity contribution in [1.29, 1.82) is 0 Å². The number of hydrogen-bond acceptors (Lipinski definition) is 7. The van der Waals surface area contributed by atoms with Gasteiger partial charge in [-0.05, 0) is 36.5 Å². The monoisotopic (exact) mass is 515 g/mol. The first-order valence-electron chi connectivity index (χ1n) is 12.6. The maximum absolute atomic E-state index is 13.3. The molecular formula is C28H33N7O3. The number of aromatic amines is 1. The van der Waals surface area contributed by atoms with E-state index in [1.807, 2.05) is 68.4 Å². The number of likely N-dealkylation sites (tertiary alicyclic amines) is 1. The Kier molecular flexibility index (Phi) is 8.52. The Hall–Kier alpha value is -4.47. The fraction of sp³-hybridized carbons (Fsp3) is 0.321. The molecule has 10 nitrogen and oxygen atoms in total. The van der Waals surface area contributed by atoms with Crippen LogP contribution in [0.4, 0.5) is 10.5 Å². The summed E-state index contributed by atoms with van der Waals surface area (Å²) in [6, 6.07) is 16.5. The summed E-state index contributed by atoms with van der Waals surface area (Å²) in [5, 5.41) is 6.51. The van der Waals surface area contributed by atoms with Gasteiger partial charge in [0.2, 0.25) is 5.91 Å². The van der Waals surface area contributed by atoms with Gasteiger partial charge in [-0.2, -0.15) is 5.10 Å². The molecule has 10 heteroatoms. The summed E-state index contributed by atoms with van der Waals surface area (Å²) in [6.07, 6.45) is 4.45. The van der Waals surface area contributed by atoms with Crippen molar-refractivity contribution in [3.63, 3.8) is 0 Å². The molecule has 38 heavy (non-hydrogen) atoms. The van der Waals surface area contributed by atoms with Crippen molar-refractivity contribution in [2.24, 2.45) is 21.9 Å². The number of benzene rings is 2. The zero-order valence-corrected chi connectivity index (χ0v) is 21.8. The summed E-state index contributed by atoms with van der Waals surface area (Å²) in [4.78, 5) is 39.4. The Labute approximate surface area is 222 Å². The minimum absolute atomic E-state index is 0.0870. The van der Waals surface area contributed by atoms with E-state index in [2.05, 4.69) is 25.4 Å². The van der Waals surface area contributed by atoms with Crippen LogP contribution in [0.25, 0.3) is 11.3 Å². The first-order valence-corrected chi connectivity index (χ1v) is 12.6. The number of nitrogens with two attached hydrogens (primary N) is 1. The molecule has 1 saturated heterocycles. The number of amides is 2. The molecule has 0 bridgehead atoms. The third kappa shape index (κ3) is 6.08. The quantitative estimate of drug-likeness (QED) is 0.235. The number of nitrogens with one attached hydrogen (secondary N) is 2.